The molecule has 12 nitrogen and oxygen atoms in total. The largest absolute Gasteiger partial charge is 0.457 e. The molecular weight excluding hydrogens is 729 g/mol. The van der Waals surface area contributed by atoms with Gasteiger partial charge in [-0.1, -0.05) is 120 Å². The van der Waals surface area contributed by atoms with Crippen LogP contribution in [0, 0.1) is 0 Å². The fourth-order valence-corrected chi connectivity index (χ4v) is 6.29. The number of allylic oxidation sites excluding steroid dienone is 10. The molecule has 13 heteroatoms. The van der Waals surface area contributed by atoms with Crippen molar-refractivity contribution < 1.29 is 56.2 Å². The van der Waals surface area contributed by atoms with E-state index in [0.29, 0.717) is 13.0 Å². The van der Waals surface area contributed by atoms with Crippen LogP contribution in [-0.4, -0.2) is 97.5 Å². The number of unbranched alkanes of at least 4 members (excludes halogenated alkanes) is 11. The molecule has 1 heterocycles. The summed E-state index contributed by atoms with van der Waals surface area (Å²) in [6.07, 6.45) is 31.2. The van der Waals surface area contributed by atoms with Crippen LogP contribution in [0.25, 0.3) is 0 Å². The summed E-state index contributed by atoms with van der Waals surface area (Å²) < 4.78 is 58.8. The molecule has 55 heavy (non-hydrogen) atoms. The van der Waals surface area contributed by atoms with E-state index in [1.54, 1.807) is 0 Å². The molecular formula is C42H72O12S. The molecule has 1 aliphatic rings. The third kappa shape index (κ3) is 27.9. The average Bonchev–Trinajstić information content (AvgIpc) is 3.15. The molecule has 1 fully saturated rings. The summed E-state index contributed by atoms with van der Waals surface area (Å²) in [5.74, 6) is -0.429. The monoisotopic (exact) mass is 800 g/mol. The minimum Gasteiger partial charge on any atom is -0.457 e. The van der Waals surface area contributed by atoms with Gasteiger partial charge in [-0.05, 0) is 70.6 Å². The fourth-order valence-electron chi connectivity index (χ4n) is 5.78. The summed E-state index contributed by atoms with van der Waals surface area (Å²) in [6, 6.07) is 0. The van der Waals surface area contributed by atoms with Gasteiger partial charge >= 0.3 is 16.4 Å². The zero-order chi connectivity index (χ0) is 40.4. The molecule has 0 aliphatic carbocycles. The molecule has 0 saturated carbocycles. The number of hydrogen-bond donors (Lipinski definition) is 4. The molecule has 0 bridgehead atoms. The van der Waals surface area contributed by atoms with Gasteiger partial charge in [-0.2, -0.15) is 8.42 Å². The Morgan fingerprint density at radius 2 is 1.25 bits per heavy atom. The summed E-state index contributed by atoms with van der Waals surface area (Å²) in [5, 5.41) is 30.6. The quantitative estimate of drug-likeness (QED) is 0.0215. The average molecular weight is 801 g/mol. The Kier molecular flexibility index (Phi) is 31.3. The van der Waals surface area contributed by atoms with E-state index in [4.69, 9.17) is 23.5 Å². The fraction of sp³-hybridized carbons (Fsp3) is 0.738. The first-order valence-electron chi connectivity index (χ1n) is 20.5. The SMILES string of the molecule is CC/C=C\C/C=C\C/C=C\C/C=C\CCCCCCC(=O)OC(COCCCCCCCC/C=C\CCC)COC1OC(CO)C(O)C(OS(=O)(=O)O)C1O. The number of carbonyl (C=O) groups is 1. The van der Waals surface area contributed by atoms with E-state index in [0.717, 1.165) is 89.9 Å². The molecule has 0 aromatic heterocycles. The summed E-state index contributed by atoms with van der Waals surface area (Å²) in [4.78, 5) is 12.8. The number of hydrogen-bond acceptors (Lipinski definition) is 11. The number of carbonyl (C=O) groups excluding carboxylic acids is 1. The van der Waals surface area contributed by atoms with Gasteiger partial charge in [0.15, 0.2) is 6.29 Å². The highest BCUT2D eigenvalue weighted by atomic mass is 32.3. The Bertz CT molecular complexity index is 1200. The van der Waals surface area contributed by atoms with Crippen molar-refractivity contribution in [3.05, 3.63) is 60.8 Å². The maximum atomic E-state index is 12.8. The summed E-state index contributed by atoms with van der Waals surface area (Å²) in [6.45, 7) is 3.74. The van der Waals surface area contributed by atoms with Crippen molar-refractivity contribution in [3.63, 3.8) is 0 Å². The smallest absolute Gasteiger partial charge is 0.397 e. The maximum Gasteiger partial charge on any atom is 0.397 e. The lowest BCUT2D eigenvalue weighted by Gasteiger charge is -2.41. The molecule has 1 rings (SSSR count). The highest BCUT2D eigenvalue weighted by Gasteiger charge is 2.48. The van der Waals surface area contributed by atoms with Crippen LogP contribution in [0.4, 0.5) is 0 Å². The highest BCUT2D eigenvalue weighted by molar-refractivity contribution is 7.80. The lowest BCUT2D eigenvalue weighted by atomic mass is 9.99. The van der Waals surface area contributed by atoms with Gasteiger partial charge in [0.2, 0.25) is 0 Å². The zero-order valence-electron chi connectivity index (χ0n) is 33.5. The molecule has 0 spiro atoms. The number of esters is 1. The minimum atomic E-state index is -5.06. The number of ether oxygens (including phenoxy) is 4. The van der Waals surface area contributed by atoms with Crippen molar-refractivity contribution in [1.29, 1.82) is 0 Å². The minimum absolute atomic E-state index is 0.0184. The van der Waals surface area contributed by atoms with Gasteiger partial charge in [-0.25, -0.2) is 4.18 Å². The van der Waals surface area contributed by atoms with Crippen LogP contribution in [0.1, 0.15) is 136 Å². The third-order valence-corrected chi connectivity index (χ3v) is 9.32. The highest BCUT2D eigenvalue weighted by Crippen LogP contribution is 2.26. The van der Waals surface area contributed by atoms with E-state index in [2.05, 4.69) is 78.8 Å². The second kappa shape index (κ2) is 33.9. The Labute approximate surface area is 331 Å². The van der Waals surface area contributed by atoms with Gasteiger partial charge in [0.05, 0.1) is 19.8 Å². The molecule has 1 saturated heterocycles. The molecule has 0 amide bonds. The number of rotatable bonds is 34. The lowest BCUT2D eigenvalue weighted by Crippen LogP contribution is -2.60. The Balaban J connectivity index is 2.50. The van der Waals surface area contributed by atoms with Crippen LogP contribution in [0.5, 0.6) is 0 Å². The van der Waals surface area contributed by atoms with Crippen molar-refractivity contribution in [2.45, 2.75) is 173 Å². The number of aliphatic hydroxyl groups excluding tert-OH is 3. The van der Waals surface area contributed by atoms with Crippen LogP contribution in [0.2, 0.25) is 0 Å². The second-order valence-corrected chi connectivity index (χ2v) is 14.9. The standard InChI is InChI=1S/C42H72O12S/c1-3-5-7-9-11-13-15-16-17-18-19-20-21-23-25-27-29-31-38(44)52-36(34-50-32-30-28-26-24-22-14-12-10-8-6-4-2)35-51-42-40(46)41(54-55(47,48)49)39(45)37(33-43)53-42/h5,7-8,10-11,13,16-17,19-20,36-37,39-43,45-46H,3-4,6,9,12,14-15,18,21-35H2,1-2H3,(H,47,48,49)/b7-5-,10-8-,13-11-,17-16-,20-19-. The molecule has 6 atom stereocenters. The summed E-state index contributed by atoms with van der Waals surface area (Å²) >= 11 is 0. The molecule has 0 aromatic rings. The van der Waals surface area contributed by atoms with E-state index >= 15 is 0 Å². The summed E-state index contributed by atoms with van der Waals surface area (Å²) in [7, 11) is -5.06. The molecule has 0 radical (unpaired) electrons. The van der Waals surface area contributed by atoms with Crippen molar-refractivity contribution in [2.24, 2.45) is 0 Å². The first kappa shape index (κ1) is 50.8. The molecule has 318 valence electrons. The van der Waals surface area contributed by atoms with Gasteiger partial charge in [-0.3, -0.25) is 9.35 Å². The van der Waals surface area contributed by atoms with Gasteiger partial charge in [-0.15, -0.1) is 0 Å². The van der Waals surface area contributed by atoms with Crippen molar-refractivity contribution in [2.75, 3.05) is 26.4 Å². The predicted octanol–water partition coefficient (Wildman–Crippen LogP) is 7.79. The molecule has 0 aromatic carbocycles. The first-order chi connectivity index (χ1) is 26.6. The van der Waals surface area contributed by atoms with E-state index in [1.807, 2.05) is 0 Å². The van der Waals surface area contributed by atoms with Crippen molar-refractivity contribution in [3.8, 4) is 0 Å². The van der Waals surface area contributed by atoms with E-state index < -0.39 is 59.8 Å². The van der Waals surface area contributed by atoms with Crippen molar-refractivity contribution in [1.82, 2.24) is 0 Å². The van der Waals surface area contributed by atoms with Gasteiger partial charge in [0.25, 0.3) is 0 Å². The van der Waals surface area contributed by atoms with Crippen LogP contribution < -0.4 is 0 Å². The Morgan fingerprint density at radius 3 is 1.85 bits per heavy atom. The van der Waals surface area contributed by atoms with E-state index in [1.165, 1.54) is 19.3 Å². The van der Waals surface area contributed by atoms with Crippen molar-refractivity contribution >= 4 is 16.4 Å². The molecule has 6 unspecified atom stereocenters. The normalized spacial score (nSPS) is 21.6. The maximum absolute atomic E-state index is 12.8. The zero-order valence-corrected chi connectivity index (χ0v) is 34.3. The van der Waals surface area contributed by atoms with Gasteiger partial charge < -0.3 is 34.3 Å². The van der Waals surface area contributed by atoms with Crippen LogP contribution in [0.3, 0.4) is 0 Å². The van der Waals surface area contributed by atoms with E-state index in [-0.39, 0.29) is 19.6 Å². The third-order valence-electron chi connectivity index (χ3n) is 8.85. The summed E-state index contributed by atoms with van der Waals surface area (Å²) in [5.41, 5.74) is 0. The first-order valence-corrected chi connectivity index (χ1v) is 21.9. The molecule has 1 aliphatic heterocycles. The van der Waals surface area contributed by atoms with Crippen LogP contribution >= 0.6 is 0 Å². The number of aliphatic hydroxyl groups is 3. The van der Waals surface area contributed by atoms with Crippen LogP contribution in [0.15, 0.2) is 60.8 Å². The van der Waals surface area contributed by atoms with Gasteiger partial charge in [0, 0.05) is 13.0 Å². The topological polar surface area (TPSA) is 178 Å². The van der Waals surface area contributed by atoms with Crippen LogP contribution in [-0.2, 0) is 38.3 Å². The lowest BCUT2D eigenvalue weighted by molar-refractivity contribution is -0.301. The Hall–Kier alpha value is -2.20. The Morgan fingerprint density at radius 1 is 0.709 bits per heavy atom. The second-order valence-electron chi connectivity index (χ2n) is 13.8. The predicted molar refractivity (Wildman–Crippen MR) is 216 cm³/mol. The van der Waals surface area contributed by atoms with Gasteiger partial charge in [0.1, 0.15) is 30.5 Å². The van der Waals surface area contributed by atoms with E-state index in [9.17, 15) is 28.5 Å². The molecule has 4 N–H and O–H groups in total.